The first-order valence-corrected chi connectivity index (χ1v) is 6.42. The van der Waals surface area contributed by atoms with Gasteiger partial charge < -0.3 is 10.5 Å². The van der Waals surface area contributed by atoms with E-state index in [1.54, 1.807) is 19.5 Å². The van der Waals surface area contributed by atoms with E-state index >= 15 is 0 Å². The summed E-state index contributed by atoms with van der Waals surface area (Å²) in [7, 11) is 1.71. The second-order valence-electron chi connectivity index (χ2n) is 4.76. The number of aryl methyl sites for hydroxylation is 2. The summed E-state index contributed by atoms with van der Waals surface area (Å²) in [5, 5.41) is 0. The van der Waals surface area contributed by atoms with Crippen LogP contribution in [-0.4, -0.2) is 18.6 Å². The molecular formula is C16H20N2O. The molecule has 0 amide bonds. The first kappa shape index (κ1) is 13.6. The molecule has 2 aromatic rings. The average molecular weight is 256 g/mol. The van der Waals surface area contributed by atoms with Crippen LogP contribution in [0.5, 0.6) is 5.75 Å². The largest absolute Gasteiger partial charge is 0.496 e. The summed E-state index contributed by atoms with van der Waals surface area (Å²) in [5.41, 5.74) is 10.7. The number of methoxy groups -OCH3 is 1. The molecule has 0 aliphatic carbocycles. The molecule has 1 heterocycles. The van der Waals surface area contributed by atoms with Gasteiger partial charge in [0.1, 0.15) is 5.75 Å². The SMILES string of the molecule is COc1c(C)cc(C(CN)c2ccncc2)cc1C. The summed E-state index contributed by atoms with van der Waals surface area (Å²) < 4.78 is 5.41. The van der Waals surface area contributed by atoms with E-state index in [0.29, 0.717) is 6.54 Å². The fraction of sp³-hybridized carbons (Fsp3) is 0.312. The van der Waals surface area contributed by atoms with Crippen LogP contribution in [0.4, 0.5) is 0 Å². The van der Waals surface area contributed by atoms with Gasteiger partial charge in [-0.05, 0) is 48.2 Å². The number of hydrogen-bond donors (Lipinski definition) is 1. The zero-order valence-corrected chi connectivity index (χ0v) is 11.7. The lowest BCUT2D eigenvalue weighted by Crippen LogP contribution is -2.14. The van der Waals surface area contributed by atoms with Crippen LogP contribution in [0.15, 0.2) is 36.7 Å². The van der Waals surface area contributed by atoms with E-state index in [-0.39, 0.29) is 5.92 Å². The number of nitrogens with zero attached hydrogens (tertiary/aromatic N) is 1. The molecule has 3 nitrogen and oxygen atoms in total. The maximum Gasteiger partial charge on any atom is 0.124 e. The van der Waals surface area contributed by atoms with Crippen LogP contribution < -0.4 is 10.5 Å². The molecule has 0 spiro atoms. The number of pyridine rings is 1. The number of nitrogens with two attached hydrogens (primary N) is 1. The third kappa shape index (κ3) is 2.76. The van der Waals surface area contributed by atoms with Crippen LogP contribution in [-0.2, 0) is 0 Å². The molecule has 0 aliphatic rings. The van der Waals surface area contributed by atoms with Crippen molar-refractivity contribution in [3.8, 4) is 5.75 Å². The van der Waals surface area contributed by atoms with Crippen LogP contribution in [0.1, 0.15) is 28.2 Å². The zero-order valence-electron chi connectivity index (χ0n) is 11.7. The molecule has 3 heteroatoms. The lowest BCUT2D eigenvalue weighted by Gasteiger charge is -2.19. The Kier molecular flexibility index (Phi) is 4.17. The molecule has 0 radical (unpaired) electrons. The molecule has 100 valence electrons. The van der Waals surface area contributed by atoms with Crippen LogP contribution in [0.2, 0.25) is 0 Å². The van der Waals surface area contributed by atoms with E-state index < -0.39 is 0 Å². The van der Waals surface area contributed by atoms with Crippen molar-refractivity contribution in [1.29, 1.82) is 0 Å². The second-order valence-corrected chi connectivity index (χ2v) is 4.76. The summed E-state index contributed by atoms with van der Waals surface area (Å²) in [4.78, 5) is 4.06. The summed E-state index contributed by atoms with van der Waals surface area (Å²) in [5.74, 6) is 1.15. The van der Waals surface area contributed by atoms with Gasteiger partial charge in [-0.3, -0.25) is 4.98 Å². The lowest BCUT2D eigenvalue weighted by atomic mass is 9.89. The normalized spacial score (nSPS) is 12.2. The van der Waals surface area contributed by atoms with Crippen molar-refractivity contribution in [3.05, 3.63) is 58.9 Å². The number of ether oxygens (including phenoxy) is 1. The van der Waals surface area contributed by atoms with Gasteiger partial charge in [0.25, 0.3) is 0 Å². The quantitative estimate of drug-likeness (QED) is 0.915. The average Bonchev–Trinajstić information content (AvgIpc) is 2.40. The molecule has 2 rings (SSSR count). The lowest BCUT2D eigenvalue weighted by molar-refractivity contribution is 0.408. The zero-order chi connectivity index (χ0) is 13.8. The first-order valence-electron chi connectivity index (χ1n) is 6.42. The van der Waals surface area contributed by atoms with Gasteiger partial charge in [0.05, 0.1) is 7.11 Å². The van der Waals surface area contributed by atoms with E-state index in [1.165, 1.54) is 11.1 Å². The highest BCUT2D eigenvalue weighted by Gasteiger charge is 2.15. The van der Waals surface area contributed by atoms with E-state index in [9.17, 15) is 0 Å². The standard InChI is InChI=1S/C16H20N2O/c1-11-8-14(9-12(2)16(11)19-3)15(10-17)13-4-6-18-7-5-13/h4-9,15H,10,17H2,1-3H3. The van der Waals surface area contributed by atoms with Crippen molar-refractivity contribution in [2.45, 2.75) is 19.8 Å². The van der Waals surface area contributed by atoms with Gasteiger partial charge in [0, 0.05) is 24.9 Å². The third-order valence-corrected chi connectivity index (χ3v) is 3.43. The Labute approximate surface area is 114 Å². The molecule has 0 bridgehead atoms. The van der Waals surface area contributed by atoms with Crippen molar-refractivity contribution < 1.29 is 4.74 Å². The van der Waals surface area contributed by atoms with Crippen LogP contribution in [0.25, 0.3) is 0 Å². The number of aromatic nitrogens is 1. The van der Waals surface area contributed by atoms with Crippen molar-refractivity contribution in [3.63, 3.8) is 0 Å². The second kappa shape index (κ2) is 5.85. The summed E-state index contributed by atoms with van der Waals surface area (Å²) in [6.07, 6.45) is 3.61. The van der Waals surface area contributed by atoms with Crippen molar-refractivity contribution in [2.75, 3.05) is 13.7 Å². The Morgan fingerprint density at radius 1 is 1.11 bits per heavy atom. The molecule has 2 N–H and O–H groups in total. The van der Waals surface area contributed by atoms with Gasteiger partial charge in [-0.2, -0.15) is 0 Å². The van der Waals surface area contributed by atoms with E-state index in [1.807, 2.05) is 12.1 Å². The van der Waals surface area contributed by atoms with Crippen molar-refractivity contribution >= 4 is 0 Å². The Bertz CT molecular complexity index is 529. The Hall–Kier alpha value is -1.87. The van der Waals surface area contributed by atoms with Gasteiger partial charge in [0.2, 0.25) is 0 Å². The minimum Gasteiger partial charge on any atom is -0.496 e. The topological polar surface area (TPSA) is 48.1 Å². The summed E-state index contributed by atoms with van der Waals surface area (Å²) >= 11 is 0. The maximum atomic E-state index is 5.96. The minimum atomic E-state index is 0.200. The van der Waals surface area contributed by atoms with Gasteiger partial charge in [-0.1, -0.05) is 12.1 Å². The maximum absolute atomic E-state index is 5.96. The Morgan fingerprint density at radius 3 is 2.16 bits per heavy atom. The van der Waals surface area contributed by atoms with E-state index in [0.717, 1.165) is 16.9 Å². The van der Waals surface area contributed by atoms with Gasteiger partial charge in [0.15, 0.2) is 0 Å². The predicted octanol–water partition coefficient (Wildman–Crippen LogP) is 2.80. The van der Waals surface area contributed by atoms with Crippen molar-refractivity contribution in [2.24, 2.45) is 5.73 Å². The number of hydrogen-bond acceptors (Lipinski definition) is 3. The smallest absolute Gasteiger partial charge is 0.124 e. The van der Waals surface area contributed by atoms with Gasteiger partial charge in [-0.15, -0.1) is 0 Å². The van der Waals surface area contributed by atoms with E-state index in [2.05, 4.69) is 31.0 Å². The Morgan fingerprint density at radius 2 is 1.68 bits per heavy atom. The molecule has 0 aliphatic heterocycles. The molecule has 19 heavy (non-hydrogen) atoms. The predicted molar refractivity (Wildman–Crippen MR) is 77.6 cm³/mol. The highest BCUT2D eigenvalue weighted by Crippen LogP contribution is 2.30. The third-order valence-electron chi connectivity index (χ3n) is 3.43. The highest BCUT2D eigenvalue weighted by atomic mass is 16.5. The summed E-state index contributed by atoms with van der Waals surface area (Å²) in [6, 6.07) is 8.35. The monoisotopic (exact) mass is 256 g/mol. The molecular weight excluding hydrogens is 236 g/mol. The minimum absolute atomic E-state index is 0.200. The van der Waals surface area contributed by atoms with E-state index in [4.69, 9.17) is 10.5 Å². The molecule has 0 saturated heterocycles. The summed E-state index contributed by atoms with van der Waals surface area (Å²) in [6.45, 7) is 4.71. The van der Waals surface area contributed by atoms with Crippen molar-refractivity contribution in [1.82, 2.24) is 4.98 Å². The molecule has 0 saturated carbocycles. The van der Waals surface area contributed by atoms with Gasteiger partial charge >= 0.3 is 0 Å². The first-order chi connectivity index (χ1) is 9.17. The van der Waals surface area contributed by atoms with Crippen LogP contribution in [0.3, 0.4) is 0 Å². The van der Waals surface area contributed by atoms with Gasteiger partial charge in [-0.25, -0.2) is 0 Å². The molecule has 1 aromatic carbocycles. The highest BCUT2D eigenvalue weighted by molar-refractivity contribution is 5.46. The fourth-order valence-electron chi connectivity index (χ4n) is 2.57. The fourth-order valence-corrected chi connectivity index (χ4v) is 2.57. The number of benzene rings is 1. The molecule has 0 fully saturated rings. The molecule has 1 aromatic heterocycles. The number of rotatable bonds is 4. The Balaban J connectivity index is 2.45. The molecule has 1 atom stereocenters. The van der Waals surface area contributed by atoms with Crippen LogP contribution in [0, 0.1) is 13.8 Å². The van der Waals surface area contributed by atoms with Crippen LogP contribution >= 0.6 is 0 Å². The molecule has 1 unspecified atom stereocenters.